The van der Waals surface area contributed by atoms with Gasteiger partial charge < -0.3 is 5.32 Å². The van der Waals surface area contributed by atoms with Crippen LogP contribution < -0.4 is 5.32 Å². The van der Waals surface area contributed by atoms with Crippen LogP contribution in [0, 0.1) is 5.92 Å². The van der Waals surface area contributed by atoms with Crippen LogP contribution in [0.1, 0.15) is 31.4 Å². The molecule has 1 aromatic carbocycles. The van der Waals surface area contributed by atoms with Crippen LogP contribution in [0.15, 0.2) is 30.3 Å². The fraction of sp³-hybridized carbons (Fsp3) is 0.533. The Morgan fingerprint density at radius 2 is 2.00 bits per heavy atom. The lowest BCUT2D eigenvalue weighted by Gasteiger charge is -2.30. The minimum Gasteiger partial charge on any atom is -0.349 e. The molecule has 1 heterocycles. The van der Waals surface area contributed by atoms with E-state index < -0.39 is 10.0 Å². The summed E-state index contributed by atoms with van der Waals surface area (Å²) in [5.41, 5.74) is 1.04. The predicted octanol–water partition coefficient (Wildman–Crippen LogP) is 1.54. The lowest BCUT2D eigenvalue weighted by atomic mass is 9.98. The number of benzene rings is 1. The molecule has 2 atom stereocenters. The second-order valence-corrected chi connectivity index (χ2v) is 7.58. The Labute approximate surface area is 126 Å². The van der Waals surface area contributed by atoms with E-state index in [2.05, 4.69) is 5.32 Å². The normalized spacial score (nSPS) is 21.7. The summed E-state index contributed by atoms with van der Waals surface area (Å²) in [5, 5.41) is 2.98. The molecule has 0 bridgehead atoms. The maximum atomic E-state index is 12.3. The van der Waals surface area contributed by atoms with Crippen molar-refractivity contribution in [2.75, 3.05) is 19.3 Å². The van der Waals surface area contributed by atoms with Crippen molar-refractivity contribution in [3.05, 3.63) is 35.9 Å². The molecule has 116 valence electrons. The molecule has 21 heavy (non-hydrogen) atoms. The van der Waals surface area contributed by atoms with Crippen molar-refractivity contribution >= 4 is 15.9 Å². The van der Waals surface area contributed by atoms with Crippen molar-refractivity contribution in [3.63, 3.8) is 0 Å². The standard InChI is InChI=1S/C15H22N2O3S/c1-12(13-7-4-3-5-8-13)16-15(18)14-9-6-10-17(11-14)21(2,19)20/h3-5,7-8,12,14H,6,9-11H2,1-2H3,(H,16,18)/t12-,14-/m0/s1. The number of nitrogens with zero attached hydrogens (tertiary/aromatic N) is 1. The van der Waals surface area contributed by atoms with E-state index in [4.69, 9.17) is 0 Å². The fourth-order valence-electron chi connectivity index (χ4n) is 2.61. The molecule has 0 spiro atoms. The summed E-state index contributed by atoms with van der Waals surface area (Å²) in [5.74, 6) is -0.334. The average Bonchev–Trinajstić information content (AvgIpc) is 2.47. The molecule has 6 heteroatoms. The van der Waals surface area contributed by atoms with E-state index in [1.54, 1.807) is 0 Å². The largest absolute Gasteiger partial charge is 0.349 e. The van der Waals surface area contributed by atoms with E-state index in [0.717, 1.165) is 18.4 Å². The third-order valence-electron chi connectivity index (χ3n) is 3.88. The number of carbonyl (C=O) groups is 1. The molecule has 0 radical (unpaired) electrons. The highest BCUT2D eigenvalue weighted by Gasteiger charge is 2.30. The maximum absolute atomic E-state index is 12.3. The molecular weight excluding hydrogens is 288 g/mol. The van der Waals surface area contributed by atoms with Crippen molar-refractivity contribution < 1.29 is 13.2 Å². The first-order valence-corrected chi connectivity index (χ1v) is 9.03. The molecule has 1 aliphatic rings. The number of hydrogen-bond donors (Lipinski definition) is 1. The second kappa shape index (κ2) is 6.58. The van der Waals surface area contributed by atoms with Gasteiger partial charge in [0.1, 0.15) is 0 Å². The van der Waals surface area contributed by atoms with Gasteiger partial charge in [-0.3, -0.25) is 4.79 Å². The first-order chi connectivity index (χ1) is 9.88. The summed E-state index contributed by atoms with van der Waals surface area (Å²) in [4.78, 5) is 12.3. The number of amides is 1. The van der Waals surface area contributed by atoms with Gasteiger partial charge in [-0.2, -0.15) is 0 Å². The van der Waals surface area contributed by atoms with Crippen molar-refractivity contribution in [2.24, 2.45) is 5.92 Å². The van der Waals surface area contributed by atoms with Crippen LogP contribution in [-0.2, 0) is 14.8 Å². The first-order valence-electron chi connectivity index (χ1n) is 7.18. The van der Waals surface area contributed by atoms with Gasteiger partial charge in [-0.1, -0.05) is 30.3 Å². The summed E-state index contributed by atoms with van der Waals surface area (Å²) >= 11 is 0. The smallest absolute Gasteiger partial charge is 0.224 e. The molecule has 1 amide bonds. The summed E-state index contributed by atoms with van der Waals surface area (Å²) < 4.78 is 24.6. The van der Waals surface area contributed by atoms with Crippen molar-refractivity contribution in [3.8, 4) is 0 Å². The number of sulfonamides is 1. The van der Waals surface area contributed by atoms with Crippen LogP contribution in [0.5, 0.6) is 0 Å². The first kappa shape index (κ1) is 16.0. The number of hydrogen-bond acceptors (Lipinski definition) is 3. The third kappa shape index (κ3) is 4.28. The highest BCUT2D eigenvalue weighted by Crippen LogP contribution is 2.20. The highest BCUT2D eigenvalue weighted by molar-refractivity contribution is 7.88. The van der Waals surface area contributed by atoms with E-state index >= 15 is 0 Å². The summed E-state index contributed by atoms with van der Waals surface area (Å²) in [6.07, 6.45) is 2.66. The monoisotopic (exact) mass is 310 g/mol. The summed E-state index contributed by atoms with van der Waals surface area (Å²) in [7, 11) is -3.22. The van der Waals surface area contributed by atoms with Crippen molar-refractivity contribution in [1.82, 2.24) is 9.62 Å². The van der Waals surface area contributed by atoms with Crippen molar-refractivity contribution in [2.45, 2.75) is 25.8 Å². The summed E-state index contributed by atoms with van der Waals surface area (Å²) in [6.45, 7) is 2.73. The Morgan fingerprint density at radius 3 is 2.62 bits per heavy atom. The SMILES string of the molecule is C[C@H](NC(=O)[C@H]1CCCN(S(C)(=O)=O)C1)c1ccccc1. The molecule has 0 aliphatic carbocycles. The number of rotatable bonds is 4. The summed E-state index contributed by atoms with van der Waals surface area (Å²) in [6, 6.07) is 9.66. The molecule has 5 nitrogen and oxygen atoms in total. The molecule has 1 aliphatic heterocycles. The van der Waals surface area contributed by atoms with E-state index in [0.29, 0.717) is 6.54 Å². The lowest BCUT2D eigenvalue weighted by molar-refractivity contribution is -0.126. The minimum absolute atomic E-state index is 0.0697. The molecule has 2 rings (SSSR count). The number of carbonyl (C=O) groups excluding carboxylic acids is 1. The van der Waals surface area contributed by atoms with Crippen LogP contribution in [0.25, 0.3) is 0 Å². The zero-order chi connectivity index (χ0) is 15.5. The van der Waals surface area contributed by atoms with Gasteiger partial charge in [0.2, 0.25) is 15.9 Å². The van der Waals surface area contributed by atoms with Gasteiger partial charge in [0.25, 0.3) is 0 Å². The Morgan fingerprint density at radius 1 is 1.33 bits per heavy atom. The quantitative estimate of drug-likeness (QED) is 0.917. The third-order valence-corrected chi connectivity index (χ3v) is 5.15. The van der Waals surface area contributed by atoms with E-state index in [1.807, 2.05) is 37.3 Å². The van der Waals surface area contributed by atoms with Crippen LogP contribution in [0.3, 0.4) is 0 Å². The van der Waals surface area contributed by atoms with Crippen LogP contribution in [0.4, 0.5) is 0 Å². The molecule has 0 aromatic heterocycles. The molecule has 1 aromatic rings. The molecule has 0 saturated carbocycles. The second-order valence-electron chi connectivity index (χ2n) is 5.60. The molecule has 0 unspecified atom stereocenters. The highest BCUT2D eigenvalue weighted by atomic mass is 32.2. The zero-order valence-electron chi connectivity index (χ0n) is 12.5. The van der Waals surface area contributed by atoms with E-state index in [-0.39, 0.29) is 24.4 Å². The van der Waals surface area contributed by atoms with Crippen LogP contribution in [-0.4, -0.2) is 38.0 Å². The molecule has 1 saturated heterocycles. The Balaban J connectivity index is 1.97. The molecule has 1 fully saturated rings. The van der Waals surface area contributed by atoms with Gasteiger partial charge in [0, 0.05) is 13.1 Å². The van der Waals surface area contributed by atoms with Gasteiger partial charge in [-0.25, -0.2) is 12.7 Å². The predicted molar refractivity (Wildman–Crippen MR) is 82.1 cm³/mol. The minimum atomic E-state index is -3.22. The van der Waals surface area contributed by atoms with Gasteiger partial charge in [-0.15, -0.1) is 0 Å². The van der Waals surface area contributed by atoms with E-state index in [9.17, 15) is 13.2 Å². The Hall–Kier alpha value is -1.40. The number of nitrogens with one attached hydrogen (secondary N) is 1. The van der Waals surface area contributed by atoms with E-state index in [1.165, 1.54) is 10.6 Å². The Kier molecular flexibility index (Phi) is 5.00. The van der Waals surface area contributed by atoms with Gasteiger partial charge in [0.05, 0.1) is 18.2 Å². The van der Waals surface area contributed by atoms with Gasteiger partial charge in [-0.05, 0) is 25.3 Å². The Bertz CT molecular complexity index is 586. The molecular formula is C15H22N2O3S. The van der Waals surface area contributed by atoms with Crippen molar-refractivity contribution in [1.29, 1.82) is 0 Å². The topological polar surface area (TPSA) is 66.5 Å². The van der Waals surface area contributed by atoms with Crippen LogP contribution in [0.2, 0.25) is 0 Å². The fourth-order valence-corrected chi connectivity index (χ4v) is 3.53. The maximum Gasteiger partial charge on any atom is 0.224 e. The van der Waals surface area contributed by atoms with Gasteiger partial charge in [0.15, 0.2) is 0 Å². The van der Waals surface area contributed by atoms with Gasteiger partial charge >= 0.3 is 0 Å². The zero-order valence-corrected chi connectivity index (χ0v) is 13.3. The average molecular weight is 310 g/mol. The van der Waals surface area contributed by atoms with Crippen LogP contribution >= 0.6 is 0 Å². The lowest BCUT2D eigenvalue weighted by Crippen LogP contribution is -2.45. The number of piperidine rings is 1. The molecule has 1 N–H and O–H groups in total.